The maximum atomic E-state index is 14.7. The average molecular weight is 537 g/mol. The van der Waals surface area contributed by atoms with Gasteiger partial charge in [-0.15, -0.1) is 12.4 Å². The number of ketones is 1. The van der Waals surface area contributed by atoms with Gasteiger partial charge in [0.25, 0.3) is 0 Å². The Kier molecular flexibility index (Phi) is 13.5. The highest BCUT2D eigenvalue weighted by molar-refractivity contribution is 6.08. The number of Topliss-reactive ketones (excluding diaryl/α,β-unsaturated/α-hetero) is 1. The summed E-state index contributed by atoms with van der Waals surface area (Å²) in [7, 11) is 0. The van der Waals surface area contributed by atoms with Gasteiger partial charge in [-0.1, -0.05) is 76.6 Å². The SMILES string of the molecule is CCCC(CC(C)C)(C(=O)NN)C(=O)[C@H]([C@H](C/C=C/c1ccccc1)C(=O)NO)C1(C)CCNCC1.Cl. The second-order valence-electron chi connectivity index (χ2n) is 10.8. The fourth-order valence-electron chi connectivity index (χ4n) is 5.89. The number of hydrogen-bond donors (Lipinski definition) is 5. The minimum atomic E-state index is -1.35. The van der Waals surface area contributed by atoms with E-state index in [-0.39, 0.29) is 30.5 Å². The fraction of sp³-hybridized carbons (Fsp3) is 0.607. The molecule has 1 aliphatic heterocycles. The van der Waals surface area contributed by atoms with E-state index in [0.717, 1.165) is 5.56 Å². The molecule has 0 bridgehead atoms. The van der Waals surface area contributed by atoms with Crippen molar-refractivity contribution in [2.24, 2.45) is 34.4 Å². The Morgan fingerprint density at radius 3 is 2.32 bits per heavy atom. The van der Waals surface area contributed by atoms with Crippen LogP contribution in [0.3, 0.4) is 0 Å². The van der Waals surface area contributed by atoms with Crippen molar-refractivity contribution in [3.63, 3.8) is 0 Å². The topological polar surface area (TPSA) is 134 Å². The molecular formula is C28H45ClN4O4. The molecule has 1 unspecified atom stereocenters. The van der Waals surface area contributed by atoms with E-state index < -0.39 is 34.5 Å². The van der Waals surface area contributed by atoms with Gasteiger partial charge in [0.1, 0.15) is 5.41 Å². The number of rotatable bonds is 13. The zero-order valence-electron chi connectivity index (χ0n) is 22.6. The molecule has 2 amide bonds. The van der Waals surface area contributed by atoms with Crippen molar-refractivity contribution in [3.05, 3.63) is 42.0 Å². The molecule has 0 radical (unpaired) electrons. The van der Waals surface area contributed by atoms with E-state index in [1.54, 1.807) is 5.48 Å². The van der Waals surface area contributed by atoms with Crippen molar-refractivity contribution in [1.29, 1.82) is 0 Å². The lowest BCUT2D eigenvalue weighted by molar-refractivity contribution is -0.156. The number of benzene rings is 1. The van der Waals surface area contributed by atoms with Gasteiger partial charge in [0.15, 0.2) is 5.78 Å². The zero-order valence-corrected chi connectivity index (χ0v) is 23.4. The molecule has 6 N–H and O–H groups in total. The molecule has 0 spiro atoms. The number of hydroxylamine groups is 1. The average Bonchev–Trinajstić information content (AvgIpc) is 2.87. The Hall–Kier alpha value is -2.26. The molecule has 3 atom stereocenters. The van der Waals surface area contributed by atoms with E-state index in [2.05, 4.69) is 10.7 Å². The zero-order chi connectivity index (χ0) is 26.8. The predicted molar refractivity (Wildman–Crippen MR) is 149 cm³/mol. The summed E-state index contributed by atoms with van der Waals surface area (Å²) >= 11 is 0. The van der Waals surface area contributed by atoms with Gasteiger partial charge in [-0.3, -0.25) is 25.0 Å². The van der Waals surface area contributed by atoms with Crippen LogP contribution in [0.1, 0.15) is 71.8 Å². The number of hydrazine groups is 1. The summed E-state index contributed by atoms with van der Waals surface area (Å²) < 4.78 is 0. The monoisotopic (exact) mass is 536 g/mol. The lowest BCUT2D eigenvalue weighted by atomic mass is 9.57. The van der Waals surface area contributed by atoms with E-state index in [9.17, 15) is 19.6 Å². The van der Waals surface area contributed by atoms with Crippen LogP contribution in [0.15, 0.2) is 36.4 Å². The van der Waals surface area contributed by atoms with Crippen molar-refractivity contribution in [1.82, 2.24) is 16.2 Å². The highest BCUT2D eigenvalue weighted by Gasteiger charge is 2.55. The van der Waals surface area contributed by atoms with Crippen LogP contribution in [-0.4, -0.2) is 35.9 Å². The first-order valence-corrected chi connectivity index (χ1v) is 13.1. The van der Waals surface area contributed by atoms with Crippen LogP contribution >= 0.6 is 12.4 Å². The van der Waals surface area contributed by atoms with Crippen LogP contribution in [0.4, 0.5) is 0 Å². The van der Waals surface area contributed by atoms with Gasteiger partial charge >= 0.3 is 0 Å². The maximum Gasteiger partial charge on any atom is 0.247 e. The highest BCUT2D eigenvalue weighted by atomic mass is 35.5. The van der Waals surface area contributed by atoms with Crippen LogP contribution in [0.25, 0.3) is 6.08 Å². The van der Waals surface area contributed by atoms with E-state index in [1.165, 1.54) is 0 Å². The Morgan fingerprint density at radius 2 is 1.81 bits per heavy atom. The summed E-state index contributed by atoms with van der Waals surface area (Å²) in [6, 6.07) is 9.69. The first kappa shape index (κ1) is 32.8. The van der Waals surface area contributed by atoms with Crippen LogP contribution in [-0.2, 0) is 14.4 Å². The van der Waals surface area contributed by atoms with E-state index in [1.807, 2.05) is 70.2 Å². The largest absolute Gasteiger partial charge is 0.317 e. The summed E-state index contributed by atoms with van der Waals surface area (Å²) in [6.45, 7) is 9.34. The van der Waals surface area contributed by atoms with E-state index in [0.29, 0.717) is 45.2 Å². The van der Waals surface area contributed by atoms with Gasteiger partial charge in [0.2, 0.25) is 11.8 Å². The van der Waals surface area contributed by atoms with Gasteiger partial charge in [0, 0.05) is 5.92 Å². The lowest BCUT2D eigenvalue weighted by Crippen LogP contribution is -2.57. The Morgan fingerprint density at radius 1 is 1.19 bits per heavy atom. The molecular weight excluding hydrogens is 492 g/mol. The molecule has 1 aliphatic rings. The fourth-order valence-corrected chi connectivity index (χ4v) is 5.89. The molecule has 8 nitrogen and oxygen atoms in total. The first-order chi connectivity index (χ1) is 17.1. The minimum absolute atomic E-state index is 0. The molecule has 1 aromatic carbocycles. The van der Waals surface area contributed by atoms with Crippen LogP contribution < -0.4 is 22.1 Å². The normalized spacial score (nSPS) is 18.4. The number of piperidine rings is 1. The van der Waals surface area contributed by atoms with Crippen molar-refractivity contribution in [3.8, 4) is 0 Å². The Balaban J connectivity index is 0.00000684. The third-order valence-electron chi connectivity index (χ3n) is 7.60. The van der Waals surface area contributed by atoms with Crippen LogP contribution in [0, 0.1) is 28.6 Å². The van der Waals surface area contributed by atoms with Gasteiger partial charge in [-0.05, 0) is 62.1 Å². The highest BCUT2D eigenvalue weighted by Crippen LogP contribution is 2.48. The number of halogens is 1. The minimum Gasteiger partial charge on any atom is -0.317 e. The number of carbonyl (C=O) groups is 3. The lowest BCUT2D eigenvalue weighted by Gasteiger charge is -2.47. The third kappa shape index (κ3) is 8.11. The number of nitrogens with two attached hydrogens (primary N) is 1. The molecule has 1 heterocycles. The smallest absolute Gasteiger partial charge is 0.247 e. The van der Waals surface area contributed by atoms with Gasteiger partial charge in [-0.25, -0.2) is 11.3 Å². The predicted octanol–water partition coefficient (Wildman–Crippen LogP) is 4.03. The Bertz CT molecular complexity index is 903. The molecule has 9 heteroatoms. The number of carbonyl (C=O) groups excluding carboxylic acids is 3. The van der Waals surface area contributed by atoms with Crippen molar-refractivity contribution < 1.29 is 19.6 Å². The maximum absolute atomic E-state index is 14.7. The molecule has 0 aromatic heterocycles. The van der Waals surface area contributed by atoms with Crippen LogP contribution in [0.5, 0.6) is 0 Å². The van der Waals surface area contributed by atoms with E-state index >= 15 is 0 Å². The van der Waals surface area contributed by atoms with Gasteiger partial charge in [-0.2, -0.15) is 0 Å². The van der Waals surface area contributed by atoms with Gasteiger partial charge < -0.3 is 5.32 Å². The standard InChI is InChI=1S/C28H44N4O4.ClH/c1-5-14-28(19-20(2)3,26(35)31-29)24(33)23(27(4)15-17-30-18-16-27)22(25(34)32-36)13-9-12-21-10-7-6-8-11-21;/h6-12,20,22-23,30,36H,5,13-19,29H2,1-4H3,(H,31,35)(H,32,34);1H/b12-9+;/t22-,23-,28?;/m0./s1. The number of allylic oxidation sites excluding steroid dienone is 1. The first-order valence-electron chi connectivity index (χ1n) is 13.1. The molecule has 1 saturated heterocycles. The van der Waals surface area contributed by atoms with Crippen LogP contribution in [0.2, 0.25) is 0 Å². The van der Waals surface area contributed by atoms with Gasteiger partial charge in [0.05, 0.1) is 5.92 Å². The van der Waals surface area contributed by atoms with Crippen molar-refractivity contribution in [2.75, 3.05) is 13.1 Å². The quantitative estimate of drug-likeness (QED) is 0.0849. The summed E-state index contributed by atoms with van der Waals surface area (Å²) in [5.41, 5.74) is 3.15. The molecule has 0 saturated carbocycles. The molecule has 2 rings (SSSR count). The number of nitrogens with one attached hydrogen (secondary N) is 3. The summed E-state index contributed by atoms with van der Waals surface area (Å²) in [5, 5.41) is 13.0. The molecule has 1 fully saturated rings. The number of amides is 2. The summed E-state index contributed by atoms with van der Waals surface area (Å²) in [5.74, 6) is 2.68. The molecule has 208 valence electrons. The summed E-state index contributed by atoms with van der Waals surface area (Å²) in [6.07, 6.45) is 6.66. The van der Waals surface area contributed by atoms with Crippen molar-refractivity contribution in [2.45, 2.75) is 66.2 Å². The second-order valence-corrected chi connectivity index (χ2v) is 10.8. The van der Waals surface area contributed by atoms with E-state index in [4.69, 9.17) is 5.84 Å². The van der Waals surface area contributed by atoms with Crippen molar-refractivity contribution >= 4 is 36.1 Å². The third-order valence-corrected chi connectivity index (χ3v) is 7.60. The number of hydrogen-bond acceptors (Lipinski definition) is 6. The molecule has 37 heavy (non-hydrogen) atoms. The molecule has 1 aromatic rings. The second kappa shape index (κ2) is 15.2. The molecule has 0 aliphatic carbocycles. The Labute approximate surface area is 227 Å². The summed E-state index contributed by atoms with van der Waals surface area (Å²) in [4.78, 5) is 41.1.